The molecule has 1 aromatic carbocycles. The van der Waals surface area contributed by atoms with E-state index in [0.29, 0.717) is 0 Å². The van der Waals surface area contributed by atoms with Crippen molar-refractivity contribution in [2.75, 3.05) is 12.3 Å². The van der Waals surface area contributed by atoms with Gasteiger partial charge in [-0.2, -0.15) is 0 Å². The van der Waals surface area contributed by atoms with Crippen LogP contribution >= 0.6 is 0 Å². The molecule has 88 valence electrons. The number of fused-ring (bicyclic) bond motifs is 1. The van der Waals surface area contributed by atoms with Crippen LogP contribution in [0.2, 0.25) is 0 Å². The van der Waals surface area contributed by atoms with Crippen molar-refractivity contribution < 1.29 is 4.74 Å². The molecule has 0 atom stereocenters. The first-order valence-corrected chi connectivity index (χ1v) is 6.09. The van der Waals surface area contributed by atoms with Gasteiger partial charge in [0.2, 0.25) is 0 Å². The van der Waals surface area contributed by atoms with Crippen LogP contribution in [0.15, 0.2) is 30.6 Å². The van der Waals surface area contributed by atoms with Gasteiger partial charge in [0.15, 0.2) is 0 Å². The second-order valence-corrected chi connectivity index (χ2v) is 4.65. The van der Waals surface area contributed by atoms with E-state index < -0.39 is 0 Å². The van der Waals surface area contributed by atoms with Crippen molar-refractivity contribution in [3.63, 3.8) is 0 Å². The summed E-state index contributed by atoms with van der Waals surface area (Å²) in [7, 11) is 0. The summed E-state index contributed by atoms with van der Waals surface area (Å²) in [6.45, 7) is 0.798. The Kier molecular flexibility index (Phi) is 2.59. The zero-order chi connectivity index (χ0) is 11.7. The lowest BCUT2D eigenvalue weighted by molar-refractivity contribution is 0.306. The molecule has 0 spiro atoms. The molecule has 3 rings (SSSR count). The van der Waals surface area contributed by atoms with Gasteiger partial charge in [0.25, 0.3) is 0 Å². The molecule has 3 nitrogen and oxygen atoms in total. The third-order valence-corrected chi connectivity index (χ3v) is 3.29. The number of benzene rings is 1. The summed E-state index contributed by atoms with van der Waals surface area (Å²) in [5.74, 6) is 1.81. The SMILES string of the molecule is Nc1ccc(OCCC2CC2)c2ccncc12. The molecule has 0 radical (unpaired) electrons. The Morgan fingerprint density at radius 3 is 2.94 bits per heavy atom. The fourth-order valence-electron chi connectivity index (χ4n) is 2.05. The smallest absolute Gasteiger partial charge is 0.127 e. The van der Waals surface area contributed by atoms with Crippen LogP contribution in [0.25, 0.3) is 10.8 Å². The van der Waals surface area contributed by atoms with Gasteiger partial charge in [-0.25, -0.2) is 0 Å². The van der Waals surface area contributed by atoms with E-state index in [4.69, 9.17) is 10.5 Å². The quantitative estimate of drug-likeness (QED) is 0.818. The monoisotopic (exact) mass is 228 g/mol. The normalized spacial score (nSPS) is 15.1. The molecule has 1 saturated carbocycles. The maximum atomic E-state index is 5.92. The third kappa shape index (κ3) is 2.18. The molecule has 2 aromatic rings. The highest BCUT2D eigenvalue weighted by atomic mass is 16.5. The molecule has 0 bridgehead atoms. The molecule has 3 heteroatoms. The number of anilines is 1. The van der Waals surface area contributed by atoms with E-state index in [9.17, 15) is 0 Å². The van der Waals surface area contributed by atoms with E-state index in [0.717, 1.165) is 41.2 Å². The molecule has 1 aliphatic rings. The molecule has 0 unspecified atom stereocenters. The fraction of sp³-hybridized carbons (Fsp3) is 0.357. The van der Waals surface area contributed by atoms with Gasteiger partial charge in [-0.3, -0.25) is 4.98 Å². The van der Waals surface area contributed by atoms with Crippen LogP contribution in [-0.4, -0.2) is 11.6 Å². The Labute approximate surface area is 101 Å². The Morgan fingerprint density at radius 1 is 1.24 bits per heavy atom. The van der Waals surface area contributed by atoms with Crippen molar-refractivity contribution in [2.45, 2.75) is 19.3 Å². The minimum Gasteiger partial charge on any atom is -0.493 e. The van der Waals surface area contributed by atoms with Gasteiger partial charge in [0, 0.05) is 28.9 Å². The van der Waals surface area contributed by atoms with Crippen molar-refractivity contribution in [1.29, 1.82) is 0 Å². The molecular formula is C14H16N2O. The third-order valence-electron chi connectivity index (χ3n) is 3.29. The average molecular weight is 228 g/mol. The summed E-state index contributed by atoms with van der Waals surface area (Å²) >= 11 is 0. The Morgan fingerprint density at radius 2 is 2.12 bits per heavy atom. The summed E-state index contributed by atoms with van der Waals surface area (Å²) in [5.41, 5.74) is 6.67. The van der Waals surface area contributed by atoms with Crippen LogP contribution in [0.5, 0.6) is 5.75 Å². The summed E-state index contributed by atoms with van der Waals surface area (Å²) in [4.78, 5) is 4.10. The van der Waals surface area contributed by atoms with Crippen LogP contribution in [0.1, 0.15) is 19.3 Å². The predicted octanol–water partition coefficient (Wildman–Crippen LogP) is 3.00. The first kappa shape index (κ1) is 10.4. The van der Waals surface area contributed by atoms with Crippen LogP contribution < -0.4 is 10.5 Å². The Hall–Kier alpha value is -1.77. The Balaban J connectivity index is 1.84. The van der Waals surface area contributed by atoms with Gasteiger partial charge >= 0.3 is 0 Å². The number of nitrogens with two attached hydrogens (primary N) is 1. The summed E-state index contributed by atoms with van der Waals surface area (Å²) < 4.78 is 5.84. The maximum Gasteiger partial charge on any atom is 0.127 e. The molecule has 1 fully saturated rings. The lowest BCUT2D eigenvalue weighted by atomic mass is 10.1. The molecule has 2 N–H and O–H groups in total. The maximum absolute atomic E-state index is 5.92. The second kappa shape index (κ2) is 4.24. The van der Waals surface area contributed by atoms with Crippen molar-refractivity contribution >= 4 is 16.5 Å². The van der Waals surface area contributed by atoms with Crippen LogP contribution in [0.3, 0.4) is 0 Å². The van der Waals surface area contributed by atoms with Crippen molar-refractivity contribution in [3.8, 4) is 5.75 Å². The first-order valence-electron chi connectivity index (χ1n) is 6.09. The molecular weight excluding hydrogens is 212 g/mol. The van der Waals surface area contributed by atoms with E-state index >= 15 is 0 Å². The molecule has 0 aliphatic heterocycles. The number of pyridine rings is 1. The van der Waals surface area contributed by atoms with Crippen LogP contribution in [0, 0.1) is 5.92 Å². The number of rotatable bonds is 4. The van der Waals surface area contributed by atoms with Gasteiger partial charge in [0.05, 0.1) is 6.61 Å². The van der Waals surface area contributed by atoms with Gasteiger partial charge in [0.1, 0.15) is 5.75 Å². The van der Waals surface area contributed by atoms with E-state index in [1.54, 1.807) is 12.4 Å². The minimum absolute atomic E-state index is 0.752. The van der Waals surface area contributed by atoms with E-state index in [2.05, 4.69) is 4.98 Å². The van der Waals surface area contributed by atoms with Gasteiger partial charge in [-0.05, 0) is 30.5 Å². The highest BCUT2D eigenvalue weighted by Gasteiger charge is 2.20. The largest absolute Gasteiger partial charge is 0.493 e. The van der Waals surface area contributed by atoms with Crippen LogP contribution in [-0.2, 0) is 0 Å². The Bertz CT molecular complexity index is 535. The topological polar surface area (TPSA) is 48.1 Å². The fourth-order valence-corrected chi connectivity index (χ4v) is 2.05. The zero-order valence-electron chi connectivity index (χ0n) is 9.73. The van der Waals surface area contributed by atoms with Gasteiger partial charge in [-0.1, -0.05) is 12.8 Å². The summed E-state index contributed by atoms with van der Waals surface area (Å²) in [5, 5.41) is 2.02. The highest BCUT2D eigenvalue weighted by molar-refractivity contribution is 5.96. The second-order valence-electron chi connectivity index (χ2n) is 4.65. The van der Waals surface area contributed by atoms with Crippen molar-refractivity contribution in [3.05, 3.63) is 30.6 Å². The number of aromatic nitrogens is 1. The molecule has 1 heterocycles. The zero-order valence-corrected chi connectivity index (χ0v) is 9.73. The predicted molar refractivity (Wildman–Crippen MR) is 69.0 cm³/mol. The number of nitrogen functional groups attached to an aromatic ring is 1. The van der Waals surface area contributed by atoms with Gasteiger partial charge < -0.3 is 10.5 Å². The highest BCUT2D eigenvalue weighted by Crippen LogP contribution is 2.33. The molecule has 1 aromatic heterocycles. The average Bonchev–Trinajstić information content (AvgIpc) is 3.17. The molecule has 0 amide bonds. The minimum atomic E-state index is 0.752. The lowest BCUT2D eigenvalue weighted by Crippen LogP contribution is -1.99. The van der Waals surface area contributed by atoms with Crippen molar-refractivity contribution in [1.82, 2.24) is 4.98 Å². The number of hydrogen-bond acceptors (Lipinski definition) is 3. The number of hydrogen-bond donors (Lipinski definition) is 1. The molecule has 1 aliphatic carbocycles. The standard InChI is InChI=1S/C14H16N2O/c15-13-3-4-14(17-8-6-10-1-2-10)11-5-7-16-9-12(11)13/h3-5,7,9-10H,1-2,6,8,15H2. The molecule has 17 heavy (non-hydrogen) atoms. The first-order chi connectivity index (χ1) is 8.34. The number of ether oxygens (including phenoxy) is 1. The summed E-state index contributed by atoms with van der Waals surface area (Å²) in [6, 6.07) is 5.79. The van der Waals surface area contributed by atoms with E-state index in [1.165, 1.54) is 12.8 Å². The van der Waals surface area contributed by atoms with E-state index in [1.807, 2.05) is 18.2 Å². The molecule has 0 saturated heterocycles. The van der Waals surface area contributed by atoms with Gasteiger partial charge in [-0.15, -0.1) is 0 Å². The van der Waals surface area contributed by atoms with Crippen LogP contribution in [0.4, 0.5) is 5.69 Å². The van der Waals surface area contributed by atoms with E-state index in [-0.39, 0.29) is 0 Å². The van der Waals surface area contributed by atoms with Crippen molar-refractivity contribution in [2.24, 2.45) is 5.92 Å². The number of nitrogens with zero attached hydrogens (tertiary/aromatic N) is 1. The lowest BCUT2D eigenvalue weighted by Gasteiger charge is -2.10. The summed E-state index contributed by atoms with van der Waals surface area (Å²) in [6.07, 6.45) is 7.47.